The van der Waals surface area contributed by atoms with Gasteiger partial charge in [0.1, 0.15) is 5.60 Å². The smallest absolute Gasteiger partial charge is 0.412 e. The third kappa shape index (κ3) is 4.89. The Kier molecular flexibility index (Phi) is 6.14. The molecule has 28 heavy (non-hydrogen) atoms. The van der Waals surface area contributed by atoms with Gasteiger partial charge in [-0.25, -0.2) is 4.79 Å². The Bertz CT molecular complexity index is 1010. The fourth-order valence-corrected chi connectivity index (χ4v) is 3.01. The minimum Gasteiger partial charge on any atom is -0.444 e. The van der Waals surface area contributed by atoms with Gasteiger partial charge >= 0.3 is 6.09 Å². The number of rotatable bonds is 4. The van der Waals surface area contributed by atoms with Gasteiger partial charge in [-0.05, 0) is 56.8 Å². The molecule has 7 heteroatoms. The number of aromatic nitrogens is 1. The highest BCUT2D eigenvalue weighted by Crippen LogP contribution is 2.31. The molecule has 0 unspecified atom stereocenters. The van der Waals surface area contributed by atoms with Gasteiger partial charge < -0.3 is 9.21 Å². The third-order valence-corrected chi connectivity index (χ3v) is 4.28. The van der Waals surface area contributed by atoms with Crippen LogP contribution in [0.3, 0.4) is 0 Å². The summed E-state index contributed by atoms with van der Waals surface area (Å²) in [6.07, 6.45) is -0.486. The monoisotopic (exact) mass is 375 g/mol. The molecule has 1 heterocycles. The van der Waals surface area contributed by atoms with E-state index in [1.54, 1.807) is 0 Å². The lowest BCUT2D eigenvalue weighted by Crippen LogP contribution is -2.27. The van der Waals surface area contributed by atoms with Gasteiger partial charge in [0.15, 0.2) is 6.71 Å². The summed E-state index contributed by atoms with van der Waals surface area (Å²) in [5, 5.41) is 13.3. The molecule has 2 aromatic rings. The van der Waals surface area contributed by atoms with Crippen molar-refractivity contribution in [1.82, 2.24) is 4.48 Å². The van der Waals surface area contributed by atoms with E-state index in [2.05, 4.69) is 18.0 Å². The maximum absolute atomic E-state index is 12.1. The molecule has 0 saturated heterocycles. The Morgan fingerprint density at radius 3 is 2.54 bits per heavy atom. The number of aryl methyl sites for hydroxylation is 1. The molecule has 0 aliphatic heterocycles. The van der Waals surface area contributed by atoms with E-state index >= 15 is 0 Å². The van der Waals surface area contributed by atoms with E-state index in [0.717, 1.165) is 22.2 Å². The molecular formula is C21H27B2N3O2. The zero-order valence-electron chi connectivity index (χ0n) is 17.8. The van der Waals surface area contributed by atoms with Crippen LogP contribution in [0.15, 0.2) is 36.3 Å². The van der Waals surface area contributed by atoms with E-state index in [1.807, 2.05) is 78.0 Å². The molecule has 0 atom stereocenters. The van der Waals surface area contributed by atoms with Crippen LogP contribution in [0.5, 0.6) is 0 Å². The summed E-state index contributed by atoms with van der Waals surface area (Å²) in [5.41, 5.74) is 4.14. The van der Waals surface area contributed by atoms with Crippen molar-refractivity contribution in [2.75, 3.05) is 5.32 Å². The number of allylic oxidation sites excluding steroid dienone is 2. The van der Waals surface area contributed by atoms with Gasteiger partial charge in [0.05, 0.1) is 6.07 Å². The molecule has 0 radical (unpaired) electrons. The van der Waals surface area contributed by atoms with Crippen LogP contribution in [0.4, 0.5) is 10.5 Å². The number of carbonyl (C=O) groups is 1. The van der Waals surface area contributed by atoms with Gasteiger partial charge in [-0.1, -0.05) is 26.2 Å². The van der Waals surface area contributed by atoms with Crippen molar-refractivity contribution in [3.05, 3.63) is 47.6 Å². The van der Waals surface area contributed by atoms with Gasteiger partial charge in [0.25, 0.3) is 0 Å². The number of amides is 1. The Labute approximate surface area is 168 Å². The second kappa shape index (κ2) is 8.02. The first-order valence-electron chi connectivity index (χ1n) is 9.34. The summed E-state index contributed by atoms with van der Waals surface area (Å²) < 4.78 is 7.34. The second-order valence-electron chi connectivity index (χ2n) is 8.36. The van der Waals surface area contributed by atoms with Crippen molar-refractivity contribution in [3.8, 4) is 6.07 Å². The first-order chi connectivity index (χ1) is 12.9. The quantitative estimate of drug-likeness (QED) is 0.488. The number of benzene rings is 1. The summed E-state index contributed by atoms with van der Waals surface area (Å²) in [7, 11) is 1.93. The largest absolute Gasteiger partial charge is 0.444 e. The number of hydrogen-bond donors (Lipinski definition) is 1. The molecule has 144 valence electrons. The average Bonchev–Trinajstić information content (AvgIpc) is 2.86. The molecule has 0 aliphatic rings. The van der Waals surface area contributed by atoms with Crippen molar-refractivity contribution in [2.45, 2.75) is 46.9 Å². The van der Waals surface area contributed by atoms with Crippen molar-refractivity contribution in [3.63, 3.8) is 0 Å². The van der Waals surface area contributed by atoms with Crippen LogP contribution in [0, 0.1) is 18.3 Å². The Hall–Kier alpha value is -2.87. The van der Waals surface area contributed by atoms with E-state index in [1.165, 1.54) is 0 Å². The van der Waals surface area contributed by atoms with Crippen LogP contribution < -0.4 is 5.32 Å². The number of nitriles is 1. The van der Waals surface area contributed by atoms with E-state index < -0.39 is 11.7 Å². The number of fused-ring (bicyclic) bond motifs is 1. The number of nitrogens with one attached hydrogen (secondary N) is 1. The van der Waals surface area contributed by atoms with Crippen LogP contribution >= 0.6 is 0 Å². The topological polar surface area (TPSA) is 67.0 Å². The van der Waals surface area contributed by atoms with Crippen LogP contribution in [-0.2, 0) is 4.74 Å². The highest BCUT2D eigenvalue weighted by molar-refractivity contribution is 6.61. The molecule has 1 amide bonds. The average molecular weight is 375 g/mol. The predicted octanol–water partition coefficient (Wildman–Crippen LogP) is 4.45. The summed E-state index contributed by atoms with van der Waals surface area (Å²) >= 11 is 0. The van der Waals surface area contributed by atoms with Gasteiger partial charge in [-0.3, -0.25) is 5.32 Å². The van der Waals surface area contributed by atoms with Crippen molar-refractivity contribution in [1.29, 1.82) is 5.26 Å². The number of nitrogens with zero attached hydrogens (tertiary/aromatic N) is 2. The predicted molar refractivity (Wildman–Crippen MR) is 121 cm³/mol. The van der Waals surface area contributed by atoms with Crippen LogP contribution in [0.25, 0.3) is 16.5 Å². The van der Waals surface area contributed by atoms with E-state index in [-0.39, 0.29) is 6.71 Å². The fourth-order valence-electron chi connectivity index (χ4n) is 3.01. The van der Waals surface area contributed by atoms with Crippen LogP contribution in [-0.4, -0.2) is 30.9 Å². The minimum absolute atomic E-state index is 0.257. The van der Waals surface area contributed by atoms with Gasteiger partial charge in [0.2, 0.25) is 7.98 Å². The molecule has 0 fully saturated rings. The van der Waals surface area contributed by atoms with Crippen LogP contribution in [0.2, 0.25) is 13.6 Å². The normalized spacial score (nSPS) is 11.8. The van der Waals surface area contributed by atoms with Gasteiger partial charge in [0, 0.05) is 28.0 Å². The Morgan fingerprint density at radius 2 is 2.00 bits per heavy atom. The SMILES string of the molecule is Bn1c(C(=C)/C(C#N)=C/B(C)C)cc2cc(C)c(NC(=O)OC(C)(C)C)cc21. The van der Waals surface area contributed by atoms with Crippen molar-refractivity contribution in [2.24, 2.45) is 0 Å². The summed E-state index contributed by atoms with van der Waals surface area (Å²) in [6, 6.07) is 8.20. The van der Waals surface area contributed by atoms with Gasteiger partial charge in [-0.2, -0.15) is 5.26 Å². The zero-order valence-corrected chi connectivity index (χ0v) is 17.8. The summed E-state index contributed by atoms with van der Waals surface area (Å²) in [4.78, 5) is 12.1. The van der Waals surface area contributed by atoms with E-state index in [9.17, 15) is 10.1 Å². The van der Waals surface area contributed by atoms with Crippen molar-refractivity contribution < 1.29 is 9.53 Å². The number of ether oxygens (including phenoxy) is 1. The van der Waals surface area contributed by atoms with Gasteiger partial charge in [-0.15, -0.1) is 0 Å². The molecule has 1 aromatic heterocycles. The number of carbonyl (C=O) groups excluding carboxylic acids is 1. The summed E-state index contributed by atoms with van der Waals surface area (Å²) in [6.45, 7) is 15.9. The molecule has 0 spiro atoms. The molecule has 1 N–H and O–H groups in total. The molecule has 0 aliphatic carbocycles. The lowest BCUT2D eigenvalue weighted by molar-refractivity contribution is 0.0636. The molecule has 2 rings (SSSR count). The van der Waals surface area contributed by atoms with Crippen molar-refractivity contribution >= 4 is 43.0 Å². The highest BCUT2D eigenvalue weighted by Gasteiger charge is 2.18. The number of anilines is 1. The minimum atomic E-state index is -0.561. The second-order valence-corrected chi connectivity index (χ2v) is 8.36. The Morgan fingerprint density at radius 1 is 1.36 bits per heavy atom. The van der Waals surface area contributed by atoms with E-state index in [0.29, 0.717) is 16.8 Å². The number of hydrogen-bond acceptors (Lipinski definition) is 3. The fraction of sp³-hybridized carbons (Fsp3) is 0.333. The highest BCUT2D eigenvalue weighted by atomic mass is 16.6. The third-order valence-electron chi connectivity index (χ3n) is 4.28. The molecule has 0 saturated carbocycles. The van der Waals surface area contributed by atoms with Crippen LogP contribution in [0.1, 0.15) is 32.0 Å². The molecule has 0 bridgehead atoms. The first kappa shape index (κ1) is 21.4. The maximum Gasteiger partial charge on any atom is 0.412 e. The molecule has 1 aromatic carbocycles. The summed E-state index contributed by atoms with van der Waals surface area (Å²) in [5.74, 6) is 1.92. The standard InChI is InChI=1S/C21H27B2N3O2/c1-13-8-15-9-18(14(2)16(12-24)11-23(6)7)26(22)19(15)10-17(13)25-20(27)28-21(3,4)5/h8-11H,2,22H2,1,3-7H3,(H,25,27)/b16-11+. The lowest BCUT2D eigenvalue weighted by Gasteiger charge is -2.20. The molecular weight excluding hydrogens is 348 g/mol. The van der Waals surface area contributed by atoms with E-state index in [4.69, 9.17) is 4.74 Å². The maximum atomic E-state index is 12.1. The first-order valence-corrected chi connectivity index (χ1v) is 9.34. The zero-order chi connectivity index (χ0) is 21.2. The lowest BCUT2D eigenvalue weighted by atomic mass is 9.54. The Balaban J connectivity index is 2.45. The molecule has 5 nitrogen and oxygen atoms in total.